The molecular formula is C59H32N6S2. The monoisotopic (exact) mass is 888 g/mol. The summed E-state index contributed by atoms with van der Waals surface area (Å²) in [7, 11) is 0. The zero-order chi connectivity index (χ0) is 44.6. The van der Waals surface area contributed by atoms with Crippen molar-refractivity contribution in [3.8, 4) is 68.2 Å². The van der Waals surface area contributed by atoms with Gasteiger partial charge in [0.25, 0.3) is 0 Å². The molecule has 67 heavy (non-hydrogen) atoms. The first-order chi connectivity index (χ1) is 33.2. The van der Waals surface area contributed by atoms with Crippen molar-refractivity contribution in [3.63, 3.8) is 0 Å². The summed E-state index contributed by atoms with van der Waals surface area (Å²) >= 11 is 3.51. The number of aromatic nitrogens is 4. The van der Waals surface area contributed by atoms with Crippen LogP contribution < -0.4 is 0 Å². The van der Waals surface area contributed by atoms with E-state index in [9.17, 15) is 11.8 Å². The first kappa shape index (κ1) is 38.6. The van der Waals surface area contributed by atoms with E-state index in [0.29, 0.717) is 51.1 Å². The maximum Gasteiger partial charge on any atom is 0.205 e. The minimum absolute atomic E-state index is 0.300. The fraction of sp³-hybridized carbons (Fsp3) is 0. The van der Waals surface area contributed by atoms with Crippen molar-refractivity contribution >= 4 is 90.5 Å². The van der Waals surface area contributed by atoms with Crippen LogP contribution in [0.2, 0.25) is 0 Å². The van der Waals surface area contributed by atoms with Crippen LogP contribution in [0.25, 0.3) is 129 Å². The van der Waals surface area contributed by atoms with Crippen LogP contribution in [0.1, 0.15) is 5.56 Å². The van der Waals surface area contributed by atoms with Gasteiger partial charge in [-0.3, -0.25) is 0 Å². The Morgan fingerprint density at radius 3 is 1.28 bits per heavy atom. The Morgan fingerprint density at radius 2 is 0.821 bits per heavy atom. The van der Waals surface area contributed by atoms with E-state index in [2.05, 4.69) is 88.3 Å². The number of nitrogens with zero attached hydrogens (tertiary/aromatic N) is 6. The molecule has 13 aromatic rings. The van der Waals surface area contributed by atoms with E-state index in [-0.39, 0.29) is 0 Å². The lowest BCUT2D eigenvalue weighted by atomic mass is 9.86. The molecule has 0 radical (unpaired) electrons. The second-order valence-corrected chi connectivity index (χ2v) is 18.5. The highest BCUT2D eigenvalue weighted by Gasteiger charge is 2.33. The van der Waals surface area contributed by atoms with Crippen molar-refractivity contribution < 1.29 is 0 Å². The number of hydrogen-bond acceptors (Lipinski definition) is 6. The fourth-order valence-electron chi connectivity index (χ4n) is 9.84. The SMILES string of the molecule is [C-]#[N+]c1c(-c2ccccc2)c(-c2nc(-c3ccccc3)nc(-c3ccccc3)n2)c(C#N)c(-n2c3c(ccc4c5ccccc5sc43)c3ccc4c5ccccc5sc4c32)c1-c1ccccc1. The standard InChI is InChI=1S/C59H32N6S2/c1-61-51-48(35-18-6-2-7-19-35)50(59-63-57(37-22-10-4-11-23-37)62-58(64-59)38-24-12-5-13-25-38)45(34-60)52(49(51)36-20-8-3-9-21-36)65-53-41(30-32-43-39-26-14-16-28-46(39)66-55(43)53)42-31-33-44-40-27-15-17-29-47(40)67-56(44)54(42)65/h2-33H. The molecule has 13 rings (SSSR count). The Bertz CT molecular complexity index is 4030. The van der Waals surface area contributed by atoms with Gasteiger partial charge in [0.15, 0.2) is 17.5 Å². The molecule has 0 amide bonds. The topological polar surface area (TPSA) is 71.8 Å². The number of nitriles is 1. The van der Waals surface area contributed by atoms with Crippen LogP contribution in [0.4, 0.5) is 5.69 Å². The molecule has 0 atom stereocenters. The third kappa shape index (κ3) is 5.95. The van der Waals surface area contributed by atoms with Crippen LogP contribution in [0.3, 0.4) is 0 Å². The summed E-state index contributed by atoms with van der Waals surface area (Å²) in [6.07, 6.45) is 0. The molecule has 8 heteroatoms. The summed E-state index contributed by atoms with van der Waals surface area (Å²) in [6.45, 7) is 9.30. The summed E-state index contributed by atoms with van der Waals surface area (Å²) in [5.41, 5.74) is 8.21. The van der Waals surface area contributed by atoms with Gasteiger partial charge < -0.3 is 4.57 Å². The van der Waals surface area contributed by atoms with E-state index in [1.807, 2.05) is 121 Å². The smallest absolute Gasteiger partial charge is 0.205 e. The second kappa shape index (κ2) is 15.4. The predicted octanol–water partition coefficient (Wildman–Crippen LogP) is 16.5. The van der Waals surface area contributed by atoms with Crippen LogP contribution in [0.15, 0.2) is 194 Å². The largest absolute Gasteiger partial charge is 0.306 e. The number of fused-ring (bicyclic) bond motifs is 11. The third-order valence-corrected chi connectivity index (χ3v) is 15.1. The number of benzene rings is 9. The van der Waals surface area contributed by atoms with E-state index >= 15 is 0 Å². The van der Waals surface area contributed by atoms with E-state index in [1.54, 1.807) is 22.7 Å². The summed E-state index contributed by atoms with van der Waals surface area (Å²) < 4.78 is 6.87. The normalized spacial score (nSPS) is 11.6. The molecule has 0 spiro atoms. The fourth-order valence-corrected chi connectivity index (χ4v) is 12.3. The second-order valence-electron chi connectivity index (χ2n) is 16.4. The van der Waals surface area contributed by atoms with Gasteiger partial charge in [-0.2, -0.15) is 5.26 Å². The summed E-state index contributed by atoms with van der Waals surface area (Å²) in [4.78, 5) is 20.2. The molecule has 4 aromatic heterocycles. The molecule has 9 aromatic carbocycles. The maximum absolute atomic E-state index is 12.2. The Hall–Kier alpha value is -8.79. The lowest BCUT2D eigenvalue weighted by Gasteiger charge is -2.24. The molecule has 0 unspecified atom stereocenters. The average Bonchev–Trinajstić information content (AvgIpc) is 4.08. The molecule has 0 fully saturated rings. The minimum Gasteiger partial charge on any atom is -0.306 e. The van der Waals surface area contributed by atoms with Crippen LogP contribution in [-0.2, 0) is 0 Å². The van der Waals surface area contributed by atoms with Crippen molar-refractivity contribution in [3.05, 3.63) is 211 Å². The average molecular weight is 889 g/mol. The first-order valence-corrected chi connectivity index (χ1v) is 23.5. The molecule has 0 bridgehead atoms. The molecule has 310 valence electrons. The van der Waals surface area contributed by atoms with Crippen LogP contribution >= 0.6 is 22.7 Å². The molecular weight excluding hydrogens is 857 g/mol. The highest BCUT2D eigenvalue weighted by atomic mass is 32.1. The van der Waals surface area contributed by atoms with E-state index in [1.165, 1.54) is 20.2 Å². The van der Waals surface area contributed by atoms with Gasteiger partial charge in [-0.25, -0.2) is 19.8 Å². The molecule has 0 aliphatic carbocycles. The van der Waals surface area contributed by atoms with Gasteiger partial charge in [-0.1, -0.05) is 182 Å². The van der Waals surface area contributed by atoms with Gasteiger partial charge in [0.05, 0.1) is 38.3 Å². The summed E-state index contributed by atoms with van der Waals surface area (Å²) in [6, 6.07) is 68.6. The number of rotatable bonds is 6. The van der Waals surface area contributed by atoms with Gasteiger partial charge in [-0.05, 0) is 23.3 Å². The number of thiophene rings is 2. The molecule has 0 saturated carbocycles. The minimum atomic E-state index is 0.300. The van der Waals surface area contributed by atoms with Gasteiger partial charge >= 0.3 is 0 Å². The zero-order valence-electron chi connectivity index (χ0n) is 35.5. The van der Waals surface area contributed by atoms with E-state index in [0.717, 1.165) is 64.2 Å². The van der Waals surface area contributed by atoms with Gasteiger partial charge in [-0.15, -0.1) is 22.7 Å². The highest BCUT2D eigenvalue weighted by Crippen LogP contribution is 2.54. The van der Waals surface area contributed by atoms with Gasteiger partial charge in [0.2, 0.25) is 5.69 Å². The van der Waals surface area contributed by atoms with Crippen LogP contribution in [0.5, 0.6) is 0 Å². The van der Waals surface area contributed by atoms with Crippen LogP contribution in [0, 0.1) is 17.9 Å². The Morgan fingerprint density at radius 1 is 0.418 bits per heavy atom. The number of hydrogen-bond donors (Lipinski definition) is 0. The third-order valence-electron chi connectivity index (χ3n) is 12.7. The summed E-state index contributed by atoms with van der Waals surface area (Å²) in [5, 5.41) is 19.0. The van der Waals surface area contributed by atoms with Crippen molar-refractivity contribution in [2.45, 2.75) is 0 Å². The zero-order valence-corrected chi connectivity index (χ0v) is 37.1. The van der Waals surface area contributed by atoms with Crippen molar-refractivity contribution in [1.82, 2.24) is 19.5 Å². The molecule has 0 N–H and O–H groups in total. The van der Waals surface area contributed by atoms with Crippen molar-refractivity contribution in [1.29, 1.82) is 5.26 Å². The molecule has 4 heterocycles. The molecule has 0 saturated heterocycles. The Balaban J connectivity index is 1.30. The molecule has 0 aliphatic rings. The highest BCUT2D eigenvalue weighted by molar-refractivity contribution is 7.27. The van der Waals surface area contributed by atoms with Gasteiger partial charge in [0.1, 0.15) is 6.07 Å². The van der Waals surface area contributed by atoms with Crippen molar-refractivity contribution in [2.75, 3.05) is 0 Å². The first-order valence-electron chi connectivity index (χ1n) is 21.9. The molecule has 0 aliphatic heterocycles. The lowest BCUT2D eigenvalue weighted by Crippen LogP contribution is -2.08. The summed E-state index contributed by atoms with van der Waals surface area (Å²) in [5.74, 6) is 1.22. The van der Waals surface area contributed by atoms with Crippen LogP contribution in [-0.4, -0.2) is 19.5 Å². The Labute approximate surface area is 392 Å². The van der Waals surface area contributed by atoms with Gasteiger partial charge in [0, 0.05) is 69.5 Å². The lowest BCUT2D eigenvalue weighted by molar-refractivity contribution is 1.07. The van der Waals surface area contributed by atoms with E-state index in [4.69, 9.17) is 15.0 Å². The van der Waals surface area contributed by atoms with Crippen molar-refractivity contribution in [2.24, 2.45) is 0 Å². The quantitative estimate of drug-likeness (QED) is 0.156. The molecule has 6 nitrogen and oxygen atoms in total. The predicted molar refractivity (Wildman–Crippen MR) is 278 cm³/mol. The van der Waals surface area contributed by atoms with E-state index < -0.39 is 0 Å². The maximum atomic E-state index is 12.2. The Kier molecular flexibility index (Phi) is 8.90.